The van der Waals surface area contributed by atoms with Gasteiger partial charge in [-0.3, -0.25) is 14.5 Å². The van der Waals surface area contributed by atoms with Gasteiger partial charge in [0.15, 0.2) is 0 Å². The average molecular weight is 403 g/mol. The van der Waals surface area contributed by atoms with E-state index in [2.05, 4.69) is 21.2 Å². The summed E-state index contributed by atoms with van der Waals surface area (Å²) in [5.74, 6) is -0.544. The largest absolute Gasteiger partial charge is 0.463 e. The summed E-state index contributed by atoms with van der Waals surface area (Å²) in [6.45, 7) is 1.60. The zero-order valence-electron chi connectivity index (χ0n) is 13.7. The number of carbonyl (C=O) groups is 2. The molecule has 0 aliphatic carbocycles. The second-order valence-corrected chi connectivity index (χ2v) is 6.81. The molecule has 1 saturated heterocycles. The Morgan fingerprint density at radius 3 is 2.60 bits per heavy atom. The molecule has 6 heteroatoms. The number of benzene rings is 2. The zero-order chi connectivity index (χ0) is 17.6. The minimum atomic E-state index is -0.565. The van der Waals surface area contributed by atoms with Crippen molar-refractivity contribution in [2.45, 2.75) is 19.0 Å². The molecule has 0 unspecified atom stereocenters. The average Bonchev–Trinajstić information content (AvgIpc) is 2.61. The highest BCUT2D eigenvalue weighted by atomic mass is 79.9. The van der Waals surface area contributed by atoms with Crippen LogP contribution in [0.5, 0.6) is 0 Å². The van der Waals surface area contributed by atoms with Crippen LogP contribution in [-0.4, -0.2) is 36.0 Å². The van der Waals surface area contributed by atoms with Crippen LogP contribution in [0.1, 0.15) is 12.0 Å². The van der Waals surface area contributed by atoms with Crippen molar-refractivity contribution < 1.29 is 14.3 Å². The summed E-state index contributed by atoms with van der Waals surface area (Å²) in [6, 6.07) is 16.7. The molecule has 0 aromatic heterocycles. The first-order valence-corrected chi connectivity index (χ1v) is 8.91. The fourth-order valence-corrected chi connectivity index (χ4v) is 3.07. The van der Waals surface area contributed by atoms with Crippen LogP contribution in [0, 0.1) is 0 Å². The molecular formula is C19H19BrN2O3. The number of cyclic esters (lactones) is 1. The number of nitrogens with one attached hydrogen (secondary N) is 1. The van der Waals surface area contributed by atoms with E-state index < -0.39 is 6.04 Å². The first-order chi connectivity index (χ1) is 12.1. The number of hydrogen-bond acceptors (Lipinski definition) is 4. The van der Waals surface area contributed by atoms with Gasteiger partial charge in [0.25, 0.3) is 0 Å². The Bertz CT molecular complexity index is 734. The maximum absolute atomic E-state index is 12.4. The van der Waals surface area contributed by atoms with Crippen LogP contribution >= 0.6 is 15.9 Å². The Labute approximate surface area is 155 Å². The molecule has 5 nitrogen and oxygen atoms in total. The van der Waals surface area contributed by atoms with E-state index >= 15 is 0 Å². The zero-order valence-corrected chi connectivity index (χ0v) is 15.2. The lowest BCUT2D eigenvalue weighted by atomic mass is 10.1. The van der Waals surface area contributed by atoms with E-state index in [0.717, 1.165) is 10.0 Å². The molecule has 1 aliphatic rings. The van der Waals surface area contributed by atoms with Crippen LogP contribution < -0.4 is 5.32 Å². The molecule has 1 aliphatic heterocycles. The maximum Gasteiger partial charge on any atom is 0.323 e. The van der Waals surface area contributed by atoms with Crippen molar-refractivity contribution in [1.82, 2.24) is 4.90 Å². The third-order valence-corrected chi connectivity index (χ3v) is 4.60. The van der Waals surface area contributed by atoms with E-state index in [1.54, 1.807) is 0 Å². The molecule has 1 heterocycles. The Morgan fingerprint density at radius 1 is 1.16 bits per heavy atom. The van der Waals surface area contributed by atoms with E-state index in [4.69, 9.17) is 4.74 Å². The minimum absolute atomic E-state index is 0.0712. The van der Waals surface area contributed by atoms with Gasteiger partial charge in [0.05, 0.1) is 6.42 Å². The summed E-state index contributed by atoms with van der Waals surface area (Å²) in [6.07, 6.45) is 0.0712. The van der Waals surface area contributed by atoms with E-state index in [1.165, 1.54) is 0 Å². The molecule has 2 aromatic carbocycles. The van der Waals surface area contributed by atoms with E-state index in [1.807, 2.05) is 59.5 Å². The van der Waals surface area contributed by atoms with Crippen molar-refractivity contribution in [3.63, 3.8) is 0 Å². The number of amides is 1. The number of nitrogens with zero attached hydrogens (tertiary/aromatic N) is 1. The summed E-state index contributed by atoms with van der Waals surface area (Å²) in [5, 5.41) is 2.83. The smallest absolute Gasteiger partial charge is 0.323 e. The van der Waals surface area contributed by atoms with Crippen molar-refractivity contribution >= 4 is 33.5 Å². The van der Waals surface area contributed by atoms with Gasteiger partial charge in [-0.2, -0.15) is 0 Å². The second-order valence-electron chi connectivity index (χ2n) is 5.90. The Hall–Kier alpha value is -2.18. The summed E-state index contributed by atoms with van der Waals surface area (Å²) >= 11 is 3.36. The van der Waals surface area contributed by atoms with Crippen LogP contribution in [0.3, 0.4) is 0 Å². The monoisotopic (exact) mass is 402 g/mol. The van der Waals surface area contributed by atoms with Gasteiger partial charge in [0.1, 0.15) is 12.6 Å². The fourth-order valence-electron chi connectivity index (χ4n) is 2.81. The van der Waals surface area contributed by atoms with Crippen LogP contribution in [0.2, 0.25) is 0 Å². The molecule has 1 fully saturated rings. The number of hydrogen-bond donors (Lipinski definition) is 1. The Morgan fingerprint density at radius 2 is 1.88 bits per heavy atom. The van der Waals surface area contributed by atoms with Crippen molar-refractivity contribution in [2.24, 2.45) is 0 Å². The summed E-state index contributed by atoms with van der Waals surface area (Å²) in [4.78, 5) is 26.5. The highest BCUT2D eigenvalue weighted by Crippen LogP contribution is 2.18. The lowest BCUT2D eigenvalue weighted by Gasteiger charge is -2.33. The highest BCUT2D eigenvalue weighted by molar-refractivity contribution is 9.10. The first kappa shape index (κ1) is 17.6. The van der Waals surface area contributed by atoms with Crippen LogP contribution in [0.15, 0.2) is 59.1 Å². The number of esters is 1. The fraction of sp³-hybridized carbons (Fsp3) is 0.263. The molecule has 1 N–H and O–H groups in total. The number of ether oxygens (including phenoxy) is 1. The van der Waals surface area contributed by atoms with E-state index in [0.29, 0.717) is 25.4 Å². The van der Waals surface area contributed by atoms with Crippen molar-refractivity contribution in [1.29, 1.82) is 0 Å². The van der Waals surface area contributed by atoms with Gasteiger partial charge >= 0.3 is 5.97 Å². The van der Waals surface area contributed by atoms with Gasteiger partial charge in [0, 0.05) is 23.2 Å². The number of rotatable bonds is 5. The predicted molar refractivity (Wildman–Crippen MR) is 99.0 cm³/mol. The van der Waals surface area contributed by atoms with Gasteiger partial charge in [-0.1, -0.05) is 46.3 Å². The SMILES string of the molecule is O=C(C[C@@H]1C(=O)OCCN1Cc1ccccc1)Nc1ccc(Br)cc1. The normalized spacial score (nSPS) is 17.8. The second kappa shape index (κ2) is 8.27. The number of anilines is 1. The number of halogens is 1. The van der Waals surface area contributed by atoms with Gasteiger partial charge in [0.2, 0.25) is 5.91 Å². The summed E-state index contributed by atoms with van der Waals surface area (Å²) in [5.41, 5.74) is 1.81. The third kappa shape index (κ3) is 4.90. The molecule has 1 amide bonds. The standard InChI is InChI=1S/C19H19BrN2O3/c20-15-6-8-16(9-7-15)21-18(23)12-17-19(24)25-11-10-22(17)13-14-4-2-1-3-5-14/h1-9,17H,10-13H2,(H,21,23)/t17-/m1/s1. The number of carbonyl (C=O) groups excluding carboxylic acids is 2. The Balaban J connectivity index is 1.65. The maximum atomic E-state index is 12.4. The molecule has 2 aromatic rings. The molecule has 0 radical (unpaired) electrons. The molecule has 0 spiro atoms. The minimum Gasteiger partial charge on any atom is -0.463 e. The van der Waals surface area contributed by atoms with Gasteiger partial charge in [-0.15, -0.1) is 0 Å². The van der Waals surface area contributed by atoms with Gasteiger partial charge in [-0.25, -0.2) is 0 Å². The van der Waals surface area contributed by atoms with E-state index in [9.17, 15) is 9.59 Å². The highest BCUT2D eigenvalue weighted by Gasteiger charge is 2.33. The van der Waals surface area contributed by atoms with Crippen molar-refractivity contribution in [2.75, 3.05) is 18.5 Å². The molecule has 1 atom stereocenters. The summed E-state index contributed by atoms with van der Waals surface area (Å²) in [7, 11) is 0. The molecule has 130 valence electrons. The van der Waals surface area contributed by atoms with Crippen molar-refractivity contribution in [3.8, 4) is 0 Å². The van der Waals surface area contributed by atoms with E-state index in [-0.39, 0.29) is 18.3 Å². The predicted octanol–water partition coefficient (Wildman–Crippen LogP) is 3.21. The topological polar surface area (TPSA) is 58.6 Å². The van der Waals surface area contributed by atoms with Crippen molar-refractivity contribution in [3.05, 3.63) is 64.6 Å². The van der Waals surface area contributed by atoms with Crippen LogP contribution in [0.25, 0.3) is 0 Å². The van der Waals surface area contributed by atoms with Crippen LogP contribution in [0.4, 0.5) is 5.69 Å². The lowest BCUT2D eigenvalue weighted by Crippen LogP contribution is -2.49. The third-order valence-electron chi connectivity index (χ3n) is 4.07. The molecule has 25 heavy (non-hydrogen) atoms. The quantitative estimate of drug-likeness (QED) is 0.780. The van der Waals surface area contributed by atoms with Gasteiger partial charge in [-0.05, 0) is 29.8 Å². The summed E-state index contributed by atoms with van der Waals surface area (Å²) < 4.78 is 6.10. The molecular weight excluding hydrogens is 384 g/mol. The van der Waals surface area contributed by atoms with Gasteiger partial charge < -0.3 is 10.1 Å². The number of morpholine rings is 1. The Kier molecular flexibility index (Phi) is 5.83. The molecule has 0 bridgehead atoms. The lowest BCUT2D eigenvalue weighted by molar-refractivity contribution is -0.159. The molecule has 0 saturated carbocycles. The molecule has 3 rings (SSSR count). The first-order valence-electron chi connectivity index (χ1n) is 8.12. The van der Waals surface area contributed by atoms with Crippen LogP contribution in [-0.2, 0) is 20.9 Å².